The summed E-state index contributed by atoms with van der Waals surface area (Å²) < 4.78 is 15.3. The summed E-state index contributed by atoms with van der Waals surface area (Å²) in [6.07, 6.45) is 3.42. The molecule has 0 saturated carbocycles. The number of nitrogens with zero attached hydrogens (tertiary/aromatic N) is 8. The Hall–Kier alpha value is -5.94. The molecule has 3 amide bonds. The number of carbonyl (C=O) groups excluding carboxylic acids is 3. The van der Waals surface area contributed by atoms with Crippen molar-refractivity contribution in [3.05, 3.63) is 63.7 Å². The third-order valence-electron chi connectivity index (χ3n) is 12.6. The average Bonchev–Trinajstić information content (AvgIpc) is 3.59. The van der Waals surface area contributed by atoms with Crippen LogP contribution < -0.4 is 40.8 Å². The molecule has 9 rings (SSSR count). The van der Waals surface area contributed by atoms with Gasteiger partial charge in [0.25, 0.3) is 11.5 Å². The lowest BCUT2D eigenvalue weighted by Crippen LogP contribution is -2.50. The van der Waals surface area contributed by atoms with Crippen molar-refractivity contribution in [2.24, 2.45) is 18.9 Å². The summed E-state index contributed by atoms with van der Waals surface area (Å²) in [6.45, 7) is 10.5. The van der Waals surface area contributed by atoms with Crippen LogP contribution in [0.3, 0.4) is 0 Å². The number of piperidine rings is 2. The van der Waals surface area contributed by atoms with Gasteiger partial charge in [-0.2, -0.15) is 10.1 Å². The lowest BCUT2D eigenvalue weighted by Gasteiger charge is -2.42. The van der Waals surface area contributed by atoms with E-state index in [0.717, 1.165) is 74.5 Å². The summed E-state index contributed by atoms with van der Waals surface area (Å²) in [7, 11) is 3.44. The molecule has 4 aliphatic rings. The average molecular weight is 852 g/mol. The summed E-state index contributed by atoms with van der Waals surface area (Å²) in [6, 6.07) is 11.3. The van der Waals surface area contributed by atoms with Crippen LogP contribution in [0.4, 0.5) is 23.1 Å². The van der Waals surface area contributed by atoms with Gasteiger partial charge in [-0.15, -0.1) is 0 Å². The summed E-state index contributed by atoms with van der Waals surface area (Å²) in [4.78, 5) is 66.6. The number of hydrogen-bond donors (Lipinski definition) is 3. The Kier molecular flexibility index (Phi) is 10.9. The molecule has 1 unspecified atom stereocenters. The van der Waals surface area contributed by atoms with Crippen molar-refractivity contribution in [2.75, 3.05) is 81.2 Å². The fourth-order valence-electron chi connectivity index (χ4n) is 9.32. The van der Waals surface area contributed by atoms with Gasteiger partial charge in [-0.25, -0.2) is 4.98 Å². The van der Waals surface area contributed by atoms with Gasteiger partial charge in [0, 0.05) is 88.9 Å². The van der Waals surface area contributed by atoms with Crippen molar-refractivity contribution in [3.8, 4) is 11.5 Å². The molecule has 3 fully saturated rings. The van der Waals surface area contributed by atoms with Crippen molar-refractivity contribution in [2.45, 2.75) is 45.1 Å². The smallest absolute Gasteiger partial charge is 0.293 e. The second-order valence-corrected chi connectivity index (χ2v) is 17.1. The number of anilines is 4. The molecule has 17 nitrogen and oxygen atoms in total. The largest absolute Gasteiger partial charge is 0.489 e. The van der Waals surface area contributed by atoms with Crippen LogP contribution in [0, 0.1) is 11.8 Å². The zero-order chi connectivity index (χ0) is 42.5. The monoisotopic (exact) mass is 851 g/mol. The van der Waals surface area contributed by atoms with Crippen LogP contribution in [-0.4, -0.2) is 113 Å². The van der Waals surface area contributed by atoms with Crippen LogP contribution in [0.25, 0.3) is 21.8 Å². The number of likely N-dealkylation sites (N-methyl/N-ethyl adjacent to an activating group) is 1. The van der Waals surface area contributed by atoms with E-state index in [2.05, 4.69) is 48.6 Å². The van der Waals surface area contributed by atoms with Crippen molar-refractivity contribution in [1.29, 1.82) is 0 Å². The van der Waals surface area contributed by atoms with Crippen molar-refractivity contribution in [3.63, 3.8) is 0 Å². The summed E-state index contributed by atoms with van der Waals surface area (Å²) >= 11 is 6.67. The van der Waals surface area contributed by atoms with E-state index in [1.807, 2.05) is 42.9 Å². The summed E-state index contributed by atoms with van der Waals surface area (Å²) in [5.41, 5.74) is 3.86. The summed E-state index contributed by atoms with van der Waals surface area (Å²) in [5.74, 6) is 1.33. The lowest BCUT2D eigenvalue weighted by atomic mass is 9.86. The van der Waals surface area contributed by atoms with Crippen molar-refractivity contribution >= 4 is 74.3 Å². The third kappa shape index (κ3) is 7.80. The first-order valence-electron chi connectivity index (χ1n) is 21.0. The molecule has 0 aliphatic carbocycles. The van der Waals surface area contributed by atoms with E-state index in [4.69, 9.17) is 31.2 Å². The number of aryl methyl sites for hydroxylation is 1. The van der Waals surface area contributed by atoms with Crippen molar-refractivity contribution in [1.82, 2.24) is 39.8 Å². The Morgan fingerprint density at radius 1 is 1.03 bits per heavy atom. The van der Waals surface area contributed by atoms with Crippen molar-refractivity contribution < 1.29 is 23.9 Å². The molecule has 0 spiro atoms. The molecule has 3 saturated heterocycles. The topological polar surface area (TPSA) is 181 Å². The number of nitrogens with one attached hydrogen (secondary N) is 3. The maximum atomic E-state index is 13.4. The van der Waals surface area contributed by atoms with Crippen LogP contribution in [-0.2, 0) is 21.4 Å². The Morgan fingerprint density at radius 2 is 1.85 bits per heavy atom. The summed E-state index contributed by atoms with van der Waals surface area (Å²) in [5, 5.41) is 15.2. The van der Waals surface area contributed by atoms with Gasteiger partial charge < -0.3 is 29.9 Å². The number of ether oxygens (including phenoxy) is 2. The van der Waals surface area contributed by atoms with Gasteiger partial charge >= 0.3 is 0 Å². The number of imide groups is 1. The number of pyridine rings is 1. The molecule has 3 aromatic heterocycles. The Bertz CT molecular complexity index is 2610. The number of aromatic nitrogens is 5. The van der Waals surface area contributed by atoms with E-state index in [1.54, 1.807) is 16.8 Å². The molecule has 61 heavy (non-hydrogen) atoms. The van der Waals surface area contributed by atoms with Gasteiger partial charge in [-0.1, -0.05) is 30.7 Å². The van der Waals surface area contributed by atoms with Gasteiger partial charge in [0.2, 0.25) is 17.8 Å². The molecule has 0 radical (unpaired) electrons. The minimum absolute atomic E-state index is 0.0807. The highest BCUT2D eigenvalue weighted by atomic mass is 35.5. The lowest BCUT2D eigenvalue weighted by molar-refractivity contribution is -0.134. The van der Waals surface area contributed by atoms with E-state index in [-0.39, 0.29) is 41.7 Å². The van der Waals surface area contributed by atoms with Gasteiger partial charge in [-0.05, 0) is 49.8 Å². The normalized spacial score (nSPS) is 22.0. The molecular weight excluding hydrogens is 802 g/mol. The van der Waals surface area contributed by atoms with E-state index >= 15 is 0 Å². The number of hydrogen-bond acceptors (Lipinski definition) is 13. The van der Waals surface area contributed by atoms with Gasteiger partial charge in [0.15, 0.2) is 18.2 Å². The zero-order valence-electron chi connectivity index (χ0n) is 34.7. The highest BCUT2D eigenvalue weighted by molar-refractivity contribution is 6.33. The first-order chi connectivity index (χ1) is 29.4. The number of piperazine rings is 1. The van der Waals surface area contributed by atoms with Crippen LogP contribution >= 0.6 is 11.6 Å². The minimum Gasteiger partial charge on any atom is -0.489 e. The number of halogens is 1. The SMILES string of the molecule is CNC(=O)COc1cc2cc(Nc3nc(N4CC[C@H](CN5CCN(c6cccc7c(C8CCC(=O)NC8=O)nn(C)c67)CC5)[C@H](C)C4)ncc3Cl)cc3c2n(c1=O)[C@H](C)CO3. The molecule has 2 aromatic carbocycles. The molecule has 3 N–H and O–H groups in total. The second-order valence-electron chi connectivity index (χ2n) is 16.7. The molecule has 320 valence electrons. The molecular formula is C43H50ClN11O6. The second kappa shape index (κ2) is 16.5. The molecule has 4 atom stereocenters. The predicted octanol–water partition coefficient (Wildman–Crippen LogP) is 3.96. The zero-order valence-corrected chi connectivity index (χ0v) is 35.5. The van der Waals surface area contributed by atoms with Gasteiger partial charge in [0.1, 0.15) is 17.4 Å². The van der Waals surface area contributed by atoms with Crippen LogP contribution in [0.5, 0.6) is 11.5 Å². The number of carbonyl (C=O) groups is 3. The molecule has 0 bridgehead atoms. The third-order valence-corrected chi connectivity index (χ3v) is 12.9. The minimum atomic E-state index is -0.433. The molecule has 5 aromatic rings. The number of para-hydroxylation sites is 1. The number of benzene rings is 2. The highest BCUT2D eigenvalue weighted by Gasteiger charge is 2.34. The van der Waals surface area contributed by atoms with E-state index in [9.17, 15) is 19.2 Å². The number of amides is 3. The fraction of sp³-hybridized carbons (Fsp3) is 0.465. The first-order valence-corrected chi connectivity index (χ1v) is 21.3. The molecule has 18 heteroatoms. The standard InChI is InChI=1S/C43H50ClN11O6/c1-24-20-54(11-10-26(24)21-52-12-14-53(15-13-52)32-7-5-6-29-37(50-51(4)39(29)32)30-8-9-35(56)48-41(30)58)43-46-19-31(44)40(49-43)47-28-16-27-17-34(61-23-36(57)45-3)42(59)55-25(2)22-60-33(18-28)38(27)55/h5-7,16-19,24-26,30H,8-15,20-23H2,1-4H3,(H,45,57)(H,46,47,49)(H,48,56,58)/t24-,25-,26-,30?/m1/s1. The molecule has 7 heterocycles. The Labute approximate surface area is 357 Å². The van der Waals surface area contributed by atoms with Crippen LogP contribution in [0.2, 0.25) is 5.02 Å². The molecule has 4 aliphatic heterocycles. The fourth-order valence-corrected chi connectivity index (χ4v) is 9.46. The van der Waals surface area contributed by atoms with E-state index < -0.39 is 5.92 Å². The Morgan fingerprint density at radius 3 is 2.62 bits per heavy atom. The quantitative estimate of drug-likeness (QED) is 0.172. The van der Waals surface area contributed by atoms with Crippen LogP contribution in [0.15, 0.2) is 47.4 Å². The Balaban J connectivity index is 0.841. The van der Waals surface area contributed by atoms with Gasteiger partial charge in [-0.3, -0.25) is 38.6 Å². The first kappa shape index (κ1) is 40.5. The van der Waals surface area contributed by atoms with Crippen LogP contribution in [0.1, 0.15) is 50.8 Å². The maximum Gasteiger partial charge on any atom is 0.293 e. The number of rotatable bonds is 10. The maximum absolute atomic E-state index is 13.4. The highest BCUT2D eigenvalue weighted by Crippen LogP contribution is 2.39. The predicted molar refractivity (Wildman–Crippen MR) is 232 cm³/mol. The number of fused-ring (bicyclic) bond motifs is 1. The van der Waals surface area contributed by atoms with E-state index in [0.29, 0.717) is 70.4 Å². The van der Waals surface area contributed by atoms with Gasteiger partial charge in [0.05, 0.1) is 40.6 Å². The van der Waals surface area contributed by atoms with E-state index in [1.165, 1.54) is 7.05 Å².